The number of amides is 1. The molecule has 3 rings (SSSR count). The van der Waals surface area contributed by atoms with E-state index in [4.69, 9.17) is 10.2 Å². The summed E-state index contributed by atoms with van der Waals surface area (Å²) in [6.45, 7) is 7.24. The SMILES string of the molecule is CN=C(NCc1cccc(CN2CCCC(C(N)=O)C2)c1)NC(C)c1ccc(C)o1.I. The van der Waals surface area contributed by atoms with Gasteiger partial charge < -0.3 is 20.8 Å². The van der Waals surface area contributed by atoms with Crippen LogP contribution in [0.3, 0.4) is 0 Å². The van der Waals surface area contributed by atoms with E-state index in [1.165, 1.54) is 11.1 Å². The highest BCUT2D eigenvalue weighted by atomic mass is 127. The van der Waals surface area contributed by atoms with Crippen LogP contribution in [0.4, 0.5) is 0 Å². The molecule has 0 radical (unpaired) electrons. The number of nitrogens with two attached hydrogens (primary N) is 1. The zero-order valence-corrected chi connectivity index (χ0v) is 20.9. The summed E-state index contributed by atoms with van der Waals surface area (Å²) in [7, 11) is 1.76. The lowest BCUT2D eigenvalue weighted by molar-refractivity contribution is -0.123. The molecule has 1 aliphatic rings. The molecule has 2 aromatic rings. The average Bonchev–Trinajstić information content (AvgIpc) is 3.18. The minimum absolute atomic E-state index is 0. The summed E-state index contributed by atoms with van der Waals surface area (Å²) >= 11 is 0. The number of nitrogens with zero attached hydrogens (tertiary/aromatic N) is 2. The van der Waals surface area contributed by atoms with E-state index >= 15 is 0 Å². The third-order valence-electron chi connectivity index (χ3n) is 5.53. The topological polar surface area (TPSA) is 95.9 Å². The van der Waals surface area contributed by atoms with Gasteiger partial charge in [-0.2, -0.15) is 0 Å². The fraction of sp³-hybridized carbons (Fsp3) is 0.478. The van der Waals surface area contributed by atoms with Crippen LogP contribution < -0.4 is 16.4 Å². The van der Waals surface area contributed by atoms with Crippen molar-refractivity contribution in [3.05, 3.63) is 59.0 Å². The molecule has 1 saturated heterocycles. The first-order valence-electron chi connectivity index (χ1n) is 10.6. The van der Waals surface area contributed by atoms with Crippen LogP contribution in [0.2, 0.25) is 0 Å². The third-order valence-corrected chi connectivity index (χ3v) is 5.53. The molecule has 0 aliphatic carbocycles. The van der Waals surface area contributed by atoms with Gasteiger partial charge in [0.05, 0.1) is 12.0 Å². The summed E-state index contributed by atoms with van der Waals surface area (Å²) in [6.07, 6.45) is 1.92. The maximum Gasteiger partial charge on any atom is 0.221 e. The number of hydrogen-bond acceptors (Lipinski definition) is 4. The molecule has 1 fully saturated rings. The fourth-order valence-corrected chi connectivity index (χ4v) is 3.87. The Labute approximate surface area is 201 Å². The Morgan fingerprint density at radius 1 is 1.32 bits per heavy atom. The highest BCUT2D eigenvalue weighted by molar-refractivity contribution is 14.0. The molecule has 1 amide bonds. The van der Waals surface area contributed by atoms with Gasteiger partial charge in [0.15, 0.2) is 5.96 Å². The summed E-state index contributed by atoms with van der Waals surface area (Å²) in [4.78, 5) is 18.2. The molecule has 4 N–H and O–H groups in total. The van der Waals surface area contributed by atoms with Gasteiger partial charge in [0.1, 0.15) is 11.5 Å². The van der Waals surface area contributed by atoms with Gasteiger partial charge in [-0.15, -0.1) is 24.0 Å². The van der Waals surface area contributed by atoms with Crippen molar-refractivity contribution in [2.24, 2.45) is 16.6 Å². The quantitative estimate of drug-likeness (QED) is 0.285. The molecule has 8 heteroatoms. The number of guanidine groups is 1. The van der Waals surface area contributed by atoms with Crippen molar-refractivity contribution in [2.45, 2.75) is 45.8 Å². The molecule has 2 atom stereocenters. The summed E-state index contributed by atoms with van der Waals surface area (Å²) in [5.74, 6) is 2.29. The van der Waals surface area contributed by atoms with Crippen LogP contribution in [0.5, 0.6) is 0 Å². The number of aliphatic imine (C=N–C) groups is 1. The Morgan fingerprint density at radius 2 is 2.10 bits per heavy atom. The number of likely N-dealkylation sites (tertiary alicyclic amines) is 1. The third kappa shape index (κ3) is 7.53. The molecular formula is C23H34IN5O2. The van der Waals surface area contributed by atoms with Crippen LogP contribution in [-0.4, -0.2) is 36.9 Å². The normalized spacial score (nSPS) is 18.2. The van der Waals surface area contributed by atoms with E-state index in [0.717, 1.165) is 50.0 Å². The summed E-state index contributed by atoms with van der Waals surface area (Å²) < 4.78 is 5.68. The largest absolute Gasteiger partial charge is 0.464 e. The van der Waals surface area contributed by atoms with Gasteiger partial charge >= 0.3 is 0 Å². The van der Waals surface area contributed by atoms with Crippen LogP contribution in [0.15, 0.2) is 45.8 Å². The first-order valence-corrected chi connectivity index (χ1v) is 10.6. The average molecular weight is 539 g/mol. The Morgan fingerprint density at radius 3 is 2.77 bits per heavy atom. The van der Waals surface area contributed by atoms with E-state index in [1.54, 1.807) is 7.05 Å². The second-order valence-corrected chi connectivity index (χ2v) is 8.04. The number of benzene rings is 1. The van der Waals surface area contributed by atoms with Gasteiger partial charge in [0, 0.05) is 26.7 Å². The molecule has 7 nitrogen and oxygen atoms in total. The van der Waals surface area contributed by atoms with Crippen LogP contribution in [0, 0.1) is 12.8 Å². The molecule has 2 unspecified atom stereocenters. The van der Waals surface area contributed by atoms with Crippen molar-refractivity contribution in [3.8, 4) is 0 Å². The van der Waals surface area contributed by atoms with Gasteiger partial charge in [0.2, 0.25) is 5.91 Å². The van der Waals surface area contributed by atoms with Gasteiger partial charge in [-0.1, -0.05) is 24.3 Å². The molecule has 1 aromatic heterocycles. The zero-order chi connectivity index (χ0) is 21.5. The van der Waals surface area contributed by atoms with Gasteiger partial charge in [-0.25, -0.2) is 0 Å². The van der Waals surface area contributed by atoms with E-state index in [-0.39, 0.29) is 41.8 Å². The molecule has 0 bridgehead atoms. The first kappa shape index (κ1) is 25.2. The number of aryl methyl sites for hydroxylation is 1. The van der Waals surface area contributed by atoms with E-state index in [2.05, 4.69) is 44.8 Å². The molecule has 2 heterocycles. The predicted molar refractivity (Wildman–Crippen MR) is 134 cm³/mol. The Bertz CT molecular complexity index is 882. The molecule has 170 valence electrons. The maximum atomic E-state index is 11.5. The summed E-state index contributed by atoms with van der Waals surface area (Å²) in [5.41, 5.74) is 7.92. The number of halogens is 1. The highest BCUT2D eigenvalue weighted by Crippen LogP contribution is 2.19. The maximum absolute atomic E-state index is 11.5. The van der Waals surface area contributed by atoms with Crippen molar-refractivity contribution >= 4 is 35.8 Å². The lowest BCUT2D eigenvalue weighted by atomic mass is 9.97. The second kappa shape index (κ2) is 12.1. The lowest BCUT2D eigenvalue weighted by Gasteiger charge is -2.31. The van der Waals surface area contributed by atoms with Crippen LogP contribution in [0.1, 0.15) is 48.5 Å². The monoisotopic (exact) mass is 539 g/mol. The van der Waals surface area contributed by atoms with Crippen molar-refractivity contribution in [1.82, 2.24) is 15.5 Å². The van der Waals surface area contributed by atoms with Crippen molar-refractivity contribution in [3.63, 3.8) is 0 Å². The lowest BCUT2D eigenvalue weighted by Crippen LogP contribution is -2.40. The van der Waals surface area contributed by atoms with Gasteiger partial charge in [-0.05, 0) is 56.5 Å². The van der Waals surface area contributed by atoms with Crippen LogP contribution >= 0.6 is 24.0 Å². The zero-order valence-electron chi connectivity index (χ0n) is 18.6. The number of nitrogens with one attached hydrogen (secondary N) is 2. The standard InChI is InChI=1S/C23H33N5O2.HI/c1-16-9-10-21(30-16)17(2)27-23(25-3)26-13-18-6-4-7-19(12-18)14-28-11-5-8-20(15-28)22(24)29;/h4,6-7,9-10,12,17,20H,5,8,11,13-15H2,1-3H3,(H2,24,29)(H2,25,26,27);1H. The van der Waals surface area contributed by atoms with Crippen LogP contribution in [0.25, 0.3) is 0 Å². The van der Waals surface area contributed by atoms with E-state index in [1.807, 2.05) is 26.0 Å². The number of furan rings is 1. The molecular weight excluding hydrogens is 505 g/mol. The Kier molecular flexibility index (Phi) is 9.83. The molecule has 0 spiro atoms. The predicted octanol–water partition coefficient (Wildman–Crippen LogP) is 3.33. The van der Waals surface area contributed by atoms with E-state index < -0.39 is 0 Å². The number of carbonyl (C=O) groups excluding carboxylic acids is 1. The summed E-state index contributed by atoms with van der Waals surface area (Å²) in [5, 5.41) is 6.72. The van der Waals surface area contributed by atoms with E-state index in [9.17, 15) is 4.79 Å². The van der Waals surface area contributed by atoms with Gasteiger partial charge in [0.25, 0.3) is 0 Å². The molecule has 31 heavy (non-hydrogen) atoms. The number of carbonyl (C=O) groups is 1. The van der Waals surface area contributed by atoms with Crippen LogP contribution in [-0.2, 0) is 17.9 Å². The molecule has 1 aliphatic heterocycles. The Hall–Kier alpha value is -2.07. The number of primary amides is 1. The number of hydrogen-bond donors (Lipinski definition) is 3. The minimum atomic E-state index is -0.185. The second-order valence-electron chi connectivity index (χ2n) is 8.04. The molecule has 0 saturated carbocycles. The molecule has 1 aromatic carbocycles. The first-order chi connectivity index (χ1) is 14.4. The number of rotatable bonds is 7. The smallest absolute Gasteiger partial charge is 0.221 e. The number of piperidine rings is 1. The van der Waals surface area contributed by atoms with Crippen molar-refractivity contribution in [2.75, 3.05) is 20.1 Å². The van der Waals surface area contributed by atoms with E-state index in [0.29, 0.717) is 6.54 Å². The summed E-state index contributed by atoms with van der Waals surface area (Å²) in [6, 6.07) is 12.5. The van der Waals surface area contributed by atoms with Gasteiger partial charge in [-0.3, -0.25) is 14.7 Å². The highest BCUT2D eigenvalue weighted by Gasteiger charge is 2.23. The minimum Gasteiger partial charge on any atom is -0.464 e. The Balaban J connectivity index is 0.00000341. The van der Waals surface area contributed by atoms with Crippen molar-refractivity contribution < 1.29 is 9.21 Å². The van der Waals surface area contributed by atoms with Crippen molar-refractivity contribution in [1.29, 1.82) is 0 Å². The fourth-order valence-electron chi connectivity index (χ4n) is 3.87.